The molecule has 12 nitrogen and oxygen atoms in total. The van der Waals surface area contributed by atoms with Gasteiger partial charge in [-0.25, -0.2) is 27.2 Å². The lowest BCUT2D eigenvalue weighted by atomic mass is 10.0. The van der Waals surface area contributed by atoms with Crippen LogP contribution >= 0.6 is 0 Å². The van der Waals surface area contributed by atoms with Crippen LogP contribution in [0.1, 0.15) is 32.3 Å². The van der Waals surface area contributed by atoms with Crippen LogP contribution in [-0.4, -0.2) is 75.9 Å². The molecule has 1 amide bonds. The van der Waals surface area contributed by atoms with Gasteiger partial charge in [-0.05, 0) is 36.6 Å². The Hall–Kier alpha value is -4.59. The van der Waals surface area contributed by atoms with Crippen molar-refractivity contribution in [2.24, 2.45) is 0 Å². The first-order chi connectivity index (χ1) is 19.8. The highest BCUT2D eigenvalue weighted by Gasteiger charge is 2.31. The van der Waals surface area contributed by atoms with Gasteiger partial charge in [-0.2, -0.15) is 10.1 Å². The van der Waals surface area contributed by atoms with Crippen molar-refractivity contribution in [2.45, 2.75) is 37.6 Å². The molecule has 14 heteroatoms. The van der Waals surface area contributed by atoms with E-state index in [-0.39, 0.29) is 62.4 Å². The zero-order valence-corrected chi connectivity index (χ0v) is 24.4. The van der Waals surface area contributed by atoms with Gasteiger partial charge in [0.15, 0.2) is 21.3 Å². The third kappa shape index (κ3) is 4.91. The predicted octanol–water partition coefficient (Wildman–Crippen LogP) is 2.64. The molecule has 1 aliphatic heterocycles. The number of amides is 1. The number of H-pyrrole nitrogens is 1. The lowest BCUT2D eigenvalue weighted by Crippen LogP contribution is -2.54. The zero-order chi connectivity index (χ0) is 30.5. The molecule has 3 aromatic heterocycles. The van der Waals surface area contributed by atoms with Crippen LogP contribution in [0.4, 0.5) is 15.9 Å². The van der Waals surface area contributed by atoms with Crippen molar-refractivity contribution in [3.8, 4) is 17.1 Å². The maximum Gasteiger partial charge on any atom is 0.355 e. The molecule has 1 fully saturated rings. The van der Waals surface area contributed by atoms with Crippen molar-refractivity contribution in [3.63, 3.8) is 0 Å². The summed E-state index contributed by atoms with van der Waals surface area (Å²) < 4.78 is 42.9. The SMILES string of the molecule is C=CC(=O)N1CCN(c2nc(=O)n(-c3c(C(C)C)cccc3S(C)(=O)=O)c3nc(-c4[nH]ncc4N)c(F)cc23)[C@@H](C)C1. The quantitative estimate of drug-likeness (QED) is 0.320. The molecule has 1 aliphatic rings. The Balaban J connectivity index is 1.87. The predicted molar refractivity (Wildman–Crippen MR) is 158 cm³/mol. The highest BCUT2D eigenvalue weighted by Crippen LogP contribution is 2.35. The van der Waals surface area contributed by atoms with E-state index in [4.69, 9.17) is 5.73 Å². The van der Waals surface area contributed by atoms with Crippen molar-refractivity contribution < 1.29 is 17.6 Å². The van der Waals surface area contributed by atoms with Gasteiger partial charge in [0.05, 0.1) is 27.9 Å². The van der Waals surface area contributed by atoms with Gasteiger partial charge in [-0.1, -0.05) is 32.6 Å². The van der Waals surface area contributed by atoms with Crippen LogP contribution in [0.5, 0.6) is 0 Å². The normalized spacial score (nSPS) is 15.9. The summed E-state index contributed by atoms with van der Waals surface area (Å²) in [7, 11) is -3.83. The van der Waals surface area contributed by atoms with Gasteiger partial charge in [-0.15, -0.1) is 0 Å². The number of benzene rings is 1. The average Bonchev–Trinajstić information content (AvgIpc) is 3.36. The van der Waals surface area contributed by atoms with Crippen LogP contribution in [0.25, 0.3) is 28.1 Å². The van der Waals surface area contributed by atoms with E-state index >= 15 is 4.39 Å². The summed E-state index contributed by atoms with van der Waals surface area (Å²) >= 11 is 0. The largest absolute Gasteiger partial charge is 0.396 e. The molecule has 4 aromatic rings. The molecule has 0 aliphatic carbocycles. The van der Waals surface area contributed by atoms with E-state index in [1.165, 1.54) is 24.4 Å². The number of sulfone groups is 1. The lowest BCUT2D eigenvalue weighted by Gasteiger charge is -2.40. The summed E-state index contributed by atoms with van der Waals surface area (Å²) in [5, 5.41) is 6.69. The lowest BCUT2D eigenvalue weighted by molar-refractivity contribution is -0.126. The molecule has 0 bridgehead atoms. The summed E-state index contributed by atoms with van der Waals surface area (Å²) in [6.07, 6.45) is 3.61. The fraction of sp³-hybridized carbons (Fsp3) is 0.321. The third-order valence-corrected chi connectivity index (χ3v) is 8.50. The number of pyridine rings is 1. The zero-order valence-electron chi connectivity index (χ0n) is 23.6. The van der Waals surface area contributed by atoms with Crippen molar-refractivity contribution in [3.05, 3.63) is 65.0 Å². The minimum Gasteiger partial charge on any atom is -0.396 e. The highest BCUT2D eigenvalue weighted by atomic mass is 32.2. The van der Waals surface area contributed by atoms with Gasteiger partial charge in [-0.3, -0.25) is 9.89 Å². The molecule has 5 rings (SSSR count). The Bertz CT molecular complexity index is 1900. The van der Waals surface area contributed by atoms with Gasteiger partial charge in [0.1, 0.15) is 17.2 Å². The molecule has 0 radical (unpaired) electrons. The second-order valence-corrected chi connectivity index (χ2v) is 12.6. The number of hydrogen-bond donors (Lipinski definition) is 2. The second-order valence-electron chi connectivity index (χ2n) is 10.6. The third-order valence-electron chi connectivity index (χ3n) is 7.37. The van der Waals surface area contributed by atoms with Gasteiger partial charge >= 0.3 is 5.69 Å². The minimum absolute atomic E-state index is 0.00908. The van der Waals surface area contributed by atoms with Crippen molar-refractivity contribution in [2.75, 3.05) is 36.5 Å². The fourth-order valence-electron chi connectivity index (χ4n) is 5.33. The first-order valence-corrected chi connectivity index (χ1v) is 15.2. The number of nitrogens with two attached hydrogens (primary N) is 1. The molecule has 42 heavy (non-hydrogen) atoms. The average molecular weight is 595 g/mol. The first-order valence-electron chi connectivity index (χ1n) is 13.3. The fourth-order valence-corrected chi connectivity index (χ4v) is 6.22. The van der Waals surface area contributed by atoms with Crippen LogP contribution in [0.15, 0.2) is 52.8 Å². The molecule has 1 aromatic carbocycles. The number of piperazine rings is 1. The molecule has 0 spiro atoms. The number of nitrogens with one attached hydrogen (secondary N) is 1. The number of fused-ring (bicyclic) bond motifs is 1. The smallest absolute Gasteiger partial charge is 0.355 e. The molecule has 4 heterocycles. The van der Waals surface area contributed by atoms with Crippen LogP contribution in [0.2, 0.25) is 0 Å². The number of aromatic nitrogens is 5. The Morgan fingerprint density at radius 3 is 2.60 bits per heavy atom. The van der Waals surface area contributed by atoms with Crippen LogP contribution in [0.3, 0.4) is 0 Å². The maximum atomic E-state index is 15.8. The van der Waals surface area contributed by atoms with Crippen molar-refractivity contribution >= 4 is 38.3 Å². The number of hydrogen-bond acceptors (Lipinski definition) is 9. The Kier molecular flexibility index (Phi) is 7.35. The molecule has 0 saturated carbocycles. The summed E-state index contributed by atoms with van der Waals surface area (Å²) in [5.41, 5.74) is 5.93. The molecule has 1 saturated heterocycles. The number of nitrogens with zero attached hydrogens (tertiary/aromatic N) is 6. The van der Waals surface area contributed by atoms with Gasteiger partial charge in [0.2, 0.25) is 5.91 Å². The van der Waals surface area contributed by atoms with Gasteiger partial charge in [0.25, 0.3) is 0 Å². The monoisotopic (exact) mass is 594 g/mol. The standard InChI is InChI=1S/C28H31FN8O4S/c1-6-22(38)35-10-11-36(16(4)14-35)26-18-12-19(29)23(24-20(30)13-31-34-24)32-27(18)37(28(39)33-26)25-17(15(2)3)8-7-9-21(25)42(5,40)41/h6-9,12-13,15-16H,1,10-11,14,30H2,2-5H3,(H,31,34)/t16-/m0/s1. The topological polar surface area (TPSA) is 160 Å². The number of rotatable bonds is 6. The summed E-state index contributed by atoms with van der Waals surface area (Å²) in [6.45, 7) is 10.1. The number of aromatic amines is 1. The van der Waals surface area contributed by atoms with Crippen molar-refractivity contribution in [1.29, 1.82) is 0 Å². The number of nitrogen functional groups attached to an aromatic ring is 1. The van der Waals surface area contributed by atoms with Crippen LogP contribution in [0, 0.1) is 5.82 Å². The number of carbonyl (C=O) groups is 1. The van der Waals surface area contributed by atoms with E-state index < -0.39 is 21.3 Å². The summed E-state index contributed by atoms with van der Waals surface area (Å²) in [4.78, 5) is 38.5. The van der Waals surface area contributed by atoms with E-state index in [0.717, 1.165) is 10.8 Å². The number of para-hydroxylation sites is 1. The number of halogens is 1. The maximum absolute atomic E-state index is 15.8. The molecule has 220 valence electrons. The van der Waals surface area contributed by atoms with Crippen molar-refractivity contribution in [1.82, 2.24) is 29.6 Å². The molecule has 1 atom stereocenters. The molecular formula is C28H31FN8O4S. The second kappa shape index (κ2) is 10.7. The summed E-state index contributed by atoms with van der Waals surface area (Å²) in [6, 6.07) is 5.67. The van der Waals surface area contributed by atoms with E-state index in [1.807, 2.05) is 25.7 Å². The summed E-state index contributed by atoms with van der Waals surface area (Å²) in [5.74, 6) is -0.993. The first kappa shape index (κ1) is 28.9. The Morgan fingerprint density at radius 1 is 1.26 bits per heavy atom. The van der Waals surface area contributed by atoms with E-state index in [0.29, 0.717) is 25.2 Å². The highest BCUT2D eigenvalue weighted by molar-refractivity contribution is 7.90. The number of anilines is 2. The van der Waals surface area contributed by atoms with E-state index in [9.17, 15) is 18.0 Å². The van der Waals surface area contributed by atoms with E-state index in [2.05, 4.69) is 26.7 Å². The van der Waals surface area contributed by atoms with Crippen LogP contribution < -0.4 is 16.3 Å². The molecule has 0 unspecified atom stereocenters. The van der Waals surface area contributed by atoms with Gasteiger partial charge < -0.3 is 15.5 Å². The Labute approximate surface area is 241 Å². The molecular weight excluding hydrogens is 563 g/mol. The van der Waals surface area contributed by atoms with Crippen LogP contribution in [-0.2, 0) is 14.6 Å². The Morgan fingerprint density at radius 2 is 2.00 bits per heavy atom. The van der Waals surface area contributed by atoms with Gasteiger partial charge in [0, 0.05) is 31.9 Å². The number of carbonyl (C=O) groups excluding carboxylic acids is 1. The van der Waals surface area contributed by atoms with E-state index in [1.54, 1.807) is 17.0 Å². The molecule has 3 N–H and O–H groups in total. The minimum atomic E-state index is -3.83.